The highest BCUT2D eigenvalue weighted by Gasteiger charge is 2.25. The van der Waals surface area contributed by atoms with Crippen LogP contribution in [0.1, 0.15) is 6.92 Å². The van der Waals surface area contributed by atoms with E-state index in [1.165, 1.54) is 18.2 Å². The first kappa shape index (κ1) is 13.9. The fourth-order valence-electron chi connectivity index (χ4n) is 1.20. The lowest BCUT2D eigenvalue weighted by Gasteiger charge is -2.11. The summed E-state index contributed by atoms with van der Waals surface area (Å²) < 4.78 is 26.0. The summed E-state index contributed by atoms with van der Waals surface area (Å²) in [5, 5.41) is 10.7. The molecular weight excluding hydrogens is 268 g/mol. The first-order chi connectivity index (χ1) is 7.88. The van der Waals surface area contributed by atoms with Crippen LogP contribution >= 0.6 is 11.6 Å². The maximum absolute atomic E-state index is 11.9. The van der Waals surface area contributed by atoms with Crippen LogP contribution in [0, 0.1) is 10.1 Å². The maximum atomic E-state index is 11.9. The first-order valence-electron chi connectivity index (χ1n) is 4.70. The number of rotatable bonds is 5. The van der Waals surface area contributed by atoms with Gasteiger partial charge >= 0.3 is 0 Å². The lowest BCUT2D eigenvalue weighted by atomic mass is 10.3. The van der Waals surface area contributed by atoms with Crippen LogP contribution in [0.5, 0.6) is 0 Å². The van der Waals surface area contributed by atoms with Gasteiger partial charge in [-0.1, -0.05) is 12.1 Å². The second-order valence-electron chi connectivity index (χ2n) is 3.40. The number of hydrogen-bond donors (Lipinski definition) is 1. The standard InChI is InChI=1S/C9H11ClN2O4S/c1-7(6-10)11-17(15,16)9-5-3-2-4-8(9)12(13)14/h2-5,7,11H,6H2,1H3/t7-/m1/s1. The highest BCUT2D eigenvalue weighted by Crippen LogP contribution is 2.22. The van der Waals surface area contributed by atoms with E-state index in [9.17, 15) is 18.5 Å². The molecular formula is C9H11ClN2O4S. The van der Waals surface area contributed by atoms with Crippen molar-refractivity contribution in [3.63, 3.8) is 0 Å². The van der Waals surface area contributed by atoms with Crippen LogP contribution in [0.3, 0.4) is 0 Å². The molecule has 0 aliphatic carbocycles. The highest BCUT2D eigenvalue weighted by molar-refractivity contribution is 7.89. The Morgan fingerprint density at radius 3 is 2.59 bits per heavy atom. The van der Waals surface area contributed by atoms with Gasteiger partial charge in [0, 0.05) is 18.0 Å². The number of para-hydroxylation sites is 1. The molecule has 0 fully saturated rings. The van der Waals surface area contributed by atoms with E-state index in [2.05, 4.69) is 4.72 Å². The summed E-state index contributed by atoms with van der Waals surface area (Å²) in [6.07, 6.45) is 0. The van der Waals surface area contributed by atoms with Gasteiger partial charge in [-0.25, -0.2) is 13.1 Å². The summed E-state index contributed by atoms with van der Waals surface area (Å²) in [6, 6.07) is 4.65. The number of nitro benzene ring substituents is 1. The zero-order valence-electron chi connectivity index (χ0n) is 8.96. The second kappa shape index (κ2) is 5.44. The molecule has 0 saturated carbocycles. The van der Waals surface area contributed by atoms with Crippen molar-refractivity contribution in [1.29, 1.82) is 0 Å². The number of nitro groups is 1. The van der Waals surface area contributed by atoms with Crippen LogP contribution in [0.2, 0.25) is 0 Å². The number of halogens is 1. The molecule has 17 heavy (non-hydrogen) atoms. The fraction of sp³-hybridized carbons (Fsp3) is 0.333. The number of nitrogens with zero attached hydrogens (tertiary/aromatic N) is 1. The topological polar surface area (TPSA) is 89.3 Å². The van der Waals surface area contributed by atoms with E-state index in [0.717, 1.165) is 6.07 Å². The zero-order chi connectivity index (χ0) is 13.1. The summed E-state index contributed by atoms with van der Waals surface area (Å²) in [5.41, 5.74) is -0.457. The minimum Gasteiger partial charge on any atom is -0.258 e. The van der Waals surface area contributed by atoms with Crippen molar-refractivity contribution in [1.82, 2.24) is 4.72 Å². The van der Waals surface area contributed by atoms with E-state index < -0.39 is 26.7 Å². The summed E-state index contributed by atoms with van der Waals surface area (Å²) in [7, 11) is -3.92. The van der Waals surface area contributed by atoms with Crippen LogP contribution in [-0.4, -0.2) is 25.3 Å². The Morgan fingerprint density at radius 2 is 2.06 bits per heavy atom. The molecule has 1 aromatic carbocycles. The molecule has 0 aliphatic heterocycles. The molecule has 0 heterocycles. The molecule has 0 radical (unpaired) electrons. The third kappa shape index (κ3) is 3.39. The third-order valence-corrected chi connectivity index (χ3v) is 4.04. The van der Waals surface area contributed by atoms with E-state index in [4.69, 9.17) is 11.6 Å². The molecule has 0 amide bonds. The summed E-state index contributed by atoms with van der Waals surface area (Å²) in [6.45, 7) is 1.57. The van der Waals surface area contributed by atoms with E-state index in [0.29, 0.717) is 0 Å². The summed E-state index contributed by atoms with van der Waals surface area (Å²) >= 11 is 5.49. The minimum atomic E-state index is -3.92. The lowest BCUT2D eigenvalue weighted by Crippen LogP contribution is -2.34. The first-order valence-corrected chi connectivity index (χ1v) is 6.72. The molecule has 94 valence electrons. The molecule has 0 spiro atoms. The third-order valence-electron chi connectivity index (χ3n) is 1.94. The van der Waals surface area contributed by atoms with Crippen molar-refractivity contribution in [2.24, 2.45) is 0 Å². The average Bonchev–Trinajstić information content (AvgIpc) is 2.28. The molecule has 1 rings (SSSR count). The van der Waals surface area contributed by atoms with Gasteiger partial charge in [-0.3, -0.25) is 10.1 Å². The van der Waals surface area contributed by atoms with Gasteiger partial charge in [0.1, 0.15) is 0 Å². The number of alkyl halides is 1. The molecule has 1 atom stereocenters. The molecule has 0 aliphatic rings. The van der Waals surface area contributed by atoms with Gasteiger partial charge in [0.25, 0.3) is 5.69 Å². The van der Waals surface area contributed by atoms with Crippen LogP contribution in [0.4, 0.5) is 5.69 Å². The molecule has 0 unspecified atom stereocenters. The molecule has 1 N–H and O–H groups in total. The Labute approximate surface area is 104 Å². The van der Waals surface area contributed by atoms with E-state index in [-0.39, 0.29) is 10.8 Å². The van der Waals surface area contributed by atoms with Gasteiger partial charge < -0.3 is 0 Å². The van der Waals surface area contributed by atoms with Gasteiger partial charge in [0.2, 0.25) is 10.0 Å². The van der Waals surface area contributed by atoms with Crippen molar-refractivity contribution in [3.05, 3.63) is 34.4 Å². The Hall–Kier alpha value is -1.18. The number of benzene rings is 1. The number of hydrogen-bond acceptors (Lipinski definition) is 4. The smallest absolute Gasteiger partial charge is 0.258 e. The van der Waals surface area contributed by atoms with Crippen molar-refractivity contribution in [2.45, 2.75) is 17.9 Å². The Balaban J connectivity index is 3.20. The minimum absolute atomic E-state index is 0.0832. The van der Waals surface area contributed by atoms with Crippen molar-refractivity contribution >= 4 is 27.3 Å². The molecule has 0 bridgehead atoms. The summed E-state index contributed by atoms with van der Waals surface area (Å²) in [4.78, 5) is 9.62. The SMILES string of the molecule is C[C@H](CCl)NS(=O)(=O)c1ccccc1[N+](=O)[O-]. The molecule has 8 heteroatoms. The highest BCUT2D eigenvalue weighted by atomic mass is 35.5. The Bertz CT molecular complexity index is 517. The number of sulfonamides is 1. The van der Waals surface area contributed by atoms with Crippen LogP contribution in [-0.2, 0) is 10.0 Å². The van der Waals surface area contributed by atoms with Crippen molar-refractivity contribution < 1.29 is 13.3 Å². The van der Waals surface area contributed by atoms with Gasteiger partial charge in [-0.2, -0.15) is 0 Å². The molecule has 0 saturated heterocycles. The predicted octanol–water partition coefficient (Wildman–Crippen LogP) is 1.50. The van der Waals surface area contributed by atoms with Gasteiger partial charge in [0.05, 0.1) is 4.92 Å². The zero-order valence-corrected chi connectivity index (χ0v) is 10.5. The van der Waals surface area contributed by atoms with Crippen molar-refractivity contribution in [2.75, 3.05) is 5.88 Å². The predicted molar refractivity (Wildman–Crippen MR) is 63.6 cm³/mol. The molecule has 1 aromatic rings. The largest absolute Gasteiger partial charge is 0.289 e. The van der Waals surface area contributed by atoms with E-state index in [1.54, 1.807) is 6.92 Å². The lowest BCUT2D eigenvalue weighted by molar-refractivity contribution is -0.387. The van der Waals surface area contributed by atoms with Gasteiger partial charge in [0.15, 0.2) is 4.90 Å². The molecule has 6 nitrogen and oxygen atoms in total. The van der Waals surface area contributed by atoms with Gasteiger partial charge in [-0.05, 0) is 13.0 Å². The monoisotopic (exact) mass is 278 g/mol. The van der Waals surface area contributed by atoms with Crippen LogP contribution in [0.25, 0.3) is 0 Å². The summed E-state index contributed by atoms with van der Waals surface area (Å²) in [5.74, 6) is 0.0832. The normalized spacial score (nSPS) is 13.3. The second-order valence-corrected chi connectivity index (χ2v) is 5.39. The quantitative estimate of drug-likeness (QED) is 0.502. The number of nitrogens with one attached hydrogen (secondary N) is 1. The fourth-order valence-corrected chi connectivity index (χ4v) is 2.78. The van der Waals surface area contributed by atoms with Crippen molar-refractivity contribution in [3.8, 4) is 0 Å². The molecule has 0 aromatic heterocycles. The Morgan fingerprint density at radius 1 is 1.47 bits per heavy atom. The van der Waals surface area contributed by atoms with Crippen LogP contribution < -0.4 is 4.72 Å². The van der Waals surface area contributed by atoms with E-state index in [1.807, 2.05) is 0 Å². The van der Waals surface area contributed by atoms with Crippen LogP contribution in [0.15, 0.2) is 29.2 Å². The van der Waals surface area contributed by atoms with E-state index >= 15 is 0 Å². The maximum Gasteiger partial charge on any atom is 0.289 e. The van der Waals surface area contributed by atoms with Gasteiger partial charge in [-0.15, -0.1) is 11.6 Å². The Kier molecular flexibility index (Phi) is 4.44. The average molecular weight is 279 g/mol.